The van der Waals surface area contributed by atoms with Crippen molar-refractivity contribution in [3.05, 3.63) is 23.4 Å². The highest BCUT2D eigenvalue weighted by atomic mass is 35.5. The van der Waals surface area contributed by atoms with Gasteiger partial charge in [0.25, 0.3) is 0 Å². The summed E-state index contributed by atoms with van der Waals surface area (Å²) in [5.41, 5.74) is 6.00. The molecule has 15 heavy (non-hydrogen) atoms. The first kappa shape index (κ1) is 10.0. The molecule has 0 saturated carbocycles. The van der Waals surface area contributed by atoms with Gasteiger partial charge in [0, 0.05) is 12.7 Å². The third kappa shape index (κ3) is 1.95. The minimum Gasteiger partial charge on any atom is -0.329 e. The lowest BCUT2D eigenvalue weighted by molar-refractivity contribution is 0.602. The van der Waals surface area contributed by atoms with Gasteiger partial charge in [-0.2, -0.15) is 0 Å². The smallest absolute Gasteiger partial charge is 0.202 e. The molecule has 2 heterocycles. The lowest BCUT2D eigenvalue weighted by atomic mass is 10.3. The number of pyridine rings is 1. The number of aromatic nitrogens is 5. The second-order valence-electron chi connectivity index (χ2n) is 2.85. The van der Waals surface area contributed by atoms with Crippen molar-refractivity contribution in [3.8, 4) is 11.5 Å². The number of halogens is 1. The van der Waals surface area contributed by atoms with Crippen LogP contribution in [0.1, 0.15) is 0 Å². The zero-order valence-electron chi connectivity index (χ0n) is 7.84. The van der Waals surface area contributed by atoms with Crippen LogP contribution in [0.3, 0.4) is 0 Å². The quantitative estimate of drug-likeness (QED) is 0.813. The Morgan fingerprint density at radius 3 is 3.07 bits per heavy atom. The van der Waals surface area contributed by atoms with Crippen molar-refractivity contribution in [2.24, 2.45) is 5.73 Å². The Kier molecular flexibility index (Phi) is 2.89. The molecule has 0 bridgehead atoms. The summed E-state index contributed by atoms with van der Waals surface area (Å²) < 4.78 is 1.58. The van der Waals surface area contributed by atoms with Crippen LogP contribution in [-0.4, -0.2) is 31.7 Å². The summed E-state index contributed by atoms with van der Waals surface area (Å²) in [7, 11) is 0. The van der Waals surface area contributed by atoms with Gasteiger partial charge in [-0.25, -0.2) is 4.68 Å². The second kappa shape index (κ2) is 4.33. The fourth-order valence-electron chi connectivity index (χ4n) is 1.20. The molecule has 0 fully saturated rings. The molecule has 0 saturated heterocycles. The molecule has 0 aliphatic rings. The minimum atomic E-state index is 0.461. The third-order valence-electron chi connectivity index (χ3n) is 1.84. The van der Waals surface area contributed by atoms with Crippen LogP contribution in [0.2, 0.25) is 5.02 Å². The van der Waals surface area contributed by atoms with E-state index in [1.54, 1.807) is 23.0 Å². The van der Waals surface area contributed by atoms with Gasteiger partial charge < -0.3 is 5.73 Å². The van der Waals surface area contributed by atoms with Gasteiger partial charge in [-0.3, -0.25) is 4.98 Å². The Labute approximate surface area is 91.1 Å². The topological polar surface area (TPSA) is 82.5 Å². The molecule has 2 aromatic rings. The van der Waals surface area contributed by atoms with Crippen LogP contribution in [0.4, 0.5) is 0 Å². The fourth-order valence-corrected chi connectivity index (χ4v) is 1.40. The van der Waals surface area contributed by atoms with Crippen molar-refractivity contribution in [1.82, 2.24) is 25.2 Å². The molecule has 0 radical (unpaired) electrons. The van der Waals surface area contributed by atoms with Gasteiger partial charge >= 0.3 is 0 Å². The van der Waals surface area contributed by atoms with Crippen molar-refractivity contribution < 1.29 is 0 Å². The van der Waals surface area contributed by atoms with Gasteiger partial charge in [-0.15, -0.1) is 5.10 Å². The summed E-state index contributed by atoms with van der Waals surface area (Å²) in [6.07, 6.45) is 1.64. The molecular weight excluding hydrogens is 216 g/mol. The normalized spacial score (nSPS) is 10.5. The maximum atomic E-state index is 5.99. The first-order chi connectivity index (χ1) is 7.33. The summed E-state index contributed by atoms with van der Waals surface area (Å²) in [4.78, 5) is 4.13. The summed E-state index contributed by atoms with van der Waals surface area (Å²) in [6.45, 7) is 0.998. The SMILES string of the molecule is NCCn1nnnc1-c1ncccc1Cl. The van der Waals surface area contributed by atoms with Gasteiger partial charge in [-0.1, -0.05) is 11.6 Å². The Hall–Kier alpha value is -1.53. The lowest BCUT2D eigenvalue weighted by Gasteiger charge is -2.02. The van der Waals surface area contributed by atoms with E-state index in [0.29, 0.717) is 29.6 Å². The molecule has 2 rings (SSSR count). The first-order valence-electron chi connectivity index (χ1n) is 4.40. The number of nitrogens with zero attached hydrogens (tertiary/aromatic N) is 5. The van der Waals surface area contributed by atoms with E-state index in [4.69, 9.17) is 17.3 Å². The summed E-state index contributed by atoms with van der Waals surface area (Å²) >= 11 is 5.99. The summed E-state index contributed by atoms with van der Waals surface area (Å²) in [5, 5.41) is 11.8. The van der Waals surface area contributed by atoms with Gasteiger partial charge in [0.15, 0.2) is 0 Å². The monoisotopic (exact) mass is 224 g/mol. The third-order valence-corrected chi connectivity index (χ3v) is 2.15. The Bertz CT molecular complexity index is 454. The average molecular weight is 225 g/mol. The van der Waals surface area contributed by atoms with Crippen LogP contribution in [0.5, 0.6) is 0 Å². The first-order valence-corrected chi connectivity index (χ1v) is 4.78. The van der Waals surface area contributed by atoms with Gasteiger partial charge in [-0.05, 0) is 22.6 Å². The van der Waals surface area contributed by atoms with E-state index in [9.17, 15) is 0 Å². The Balaban J connectivity index is 2.45. The molecule has 0 unspecified atom stereocenters. The molecule has 6 nitrogen and oxygen atoms in total. The Morgan fingerprint density at radius 2 is 2.33 bits per heavy atom. The number of rotatable bonds is 3. The molecule has 2 N–H and O–H groups in total. The number of hydrogen-bond donors (Lipinski definition) is 1. The highest BCUT2D eigenvalue weighted by Gasteiger charge is 2.12. The van der Waals surface area contributed by atoms with Crippen molar-refractivity contribution in [1.29, 1.82) is 0 Å². The van der Waals surface area contributed by atoms with Crippen molar-refractivity contribution in [2.75, 3.05) is 6.54 Å². The van der Waals surface area contributed by atoms with Crippen molar-refractivity contribution in [2.45, 2.75) is 6.54 Å². The van der Waals surface area contributed by atoms with Crippen LogP contribution in [0.15, 0.2) is 18.3 Å². The zero-order chi connectivity index (χ0) is 10.7. The fraction of sp³-hybridized carbons (Fsp3) is 0.250. The lowest BCUT2D eigenvalue weighted by Crippen LogP contribution is -2.12. The molecule has 0 spiro atoms. The Morgan fingerprint density at radius 1 is 1.47 bits per heavy atom. The maximum absolute atomic E-state index is 5.99. The van der Waals surface area contributed by atoms with Gasteiger partial charge in [0.05, 0.1) is 11.6 Å². The molecule has 0 atom stereocenters. The van der Waals surface area contributed by atoms with E-state index >= 15 is 0 Å². The van der Waals surface area contributed by atoms with E-state index in [1.807, 2.05) is 0 Å². The summed E-state index contributed by atoms with van der Waals surface area (Å²) in [6, 6.07) is 3.49. The van der Waals surface area contributed by atoms with E-state index in [2.05, 4.69) is 20.5 Å². The highest BCUT2D eigenvalue weighted by Crippen LogP contribution is 2.21. The second-order valence-corrected chi connectivity index (χ2v) is 3.26. The van der Waals surface area contributed by atoms with Crippen LogP contribution >= 0.6 is 11.6 Å². The molecule has 0 aromatic carbocycles. The van der Waals surface area contributed by atoms with Gasteiger partial charge in [0.2, 0.25) is 5.82 Å². The predicted octanol–water partition coefficient (Wildman–Crippen LogP) is 0.347. The van der Waals surface area contributed by atoms with E-state index < -0.39 is 0 Å². The zero-order valence-corrected chi connectivity index (χ0v) is 8.59. The standard InChI is InChI=1S/C8H9ClN6/c9-6-2-1-4-11-7(6)8-12-13-14-15(8)5-3-10/h1-2,4H,3,5,10H2. The molecule has 2 aromatic heterocycles. The van der Waals surface area contributed by atoms with E-state index in [0.717, 1.165) is 0 Å². The molecule has 0 amide bonds. The largest absolute Gasteiger partial charge is 0.329 e. The van der Waals surface area contributed by atoms with Crippen LogP contribution in [0, 0.1) is 0 Å². The van der Waals surface area contributed by atoms with E-state index in [1.165, 1.54) is 0 Å². The van der Waals surface area contributed by atoms with E-state index in [-0.39, 0.29) is 0 Å². The van der Waals surface area contributed by atoms with Crippen LogP contribution < -0.4 is 5.73 Å². The van der Waals surface area contributed by atoms with Crippen molar-refractivity contribution in [3.63, 3.8) is 0 Å². The van der Waals surface area contributed by atoms with Crippen molar-refractivity contribution >= 4 is 11.6 Å². The minimum absolute atomic E-state index is 0.461. The molecule has 0 aliphatic carbocycles. The number of nitrogens with two attached hydrogens (primary N) is 1. The molecular formula is C8H9ClN6. The number of tetrazole rings is 1. The average Bonchev–Trinajstić information content (AvgIpc) is 2.67. The van der Waals surface area contributed by atoms with Crippen LogP contribution in [0.25, 0.3) is 11.5 Å². The van der Waals surface area contributed by atoms with Crippen LogP contribution in [-0.2, 0) is 6.54 Å². The summed E-state index contributed by atoms with van der Waals surface area (Å²) in [5.74, 6) is 0.533. The van der Waals surface area contributed by atoms with Gasteiger partial charge in [0.1, 0.15) is 5.69 Å². The maximum Gasteiger partial charge on any atom is 0.202 e. The molecule has 78 valence electrons. The molecule has 7 heteroatoms. The highest BCUT2D eigenvalue weighted by molar-refractivity contribution is 6.32. The predicted molar refractivity (Wildman–Crippen MR) is 55.1 cm³/mol. The molecule has 0 aliphatic heterocycles. The number of hydrogen-bond acceptors (Lipinski definition) is 5.